The lowest BCUT2D eigenvalue weighted by Gasteiger charge is -2.43. The average Bonchev–Trinajstić information content (AvgIpc) is 2.74. The van der Waals surface area contributed by atoms with Crippen LogP contribution in [0.2, 0.25) is 0 Å². The summed E-state index contributed by atoms with van der Waals surface area (Å²) in [5, 5.41) is 0. The molecule has 1 aliphatic carbocycles. The first kappa shape index (κ1) is 13.7. The zero-order valence-corrected chi connectivity index (χ0v) is 10.8. The topological polar surface area (TPSA) is 41.3 Å². The van der Waals surface area contributed by atoms with Crippen LogP contribution in [0.3, 0.4) is 0 Å². The van der Waals surface area contributed by atoms with Crippen LogP contribution in [0.25, 0.3) is 0 Å². The third kappa shape index (κ3) is 2.84. The van der Waals surface area contributed by atoms with Crippen molar-refractivity contribution in [3.8, 4) is 0 Å². The van der Waals surface area contributed by atoms with Crippen LogP contribution in [0.4, 0.5) is 0 Å². The first-order valence-corrected chi connectivity index (χ1v) is 6.42. The van der Waals surface area contributed by atoms with Crippen molar-refractivity contribution in [1.29, 1.82) is 0 Å². The van der Waals surface area contributed by atoms with E-state index in [1.165, 1.54) is 32.1 Å². The van der Waals surface area contributed by atoms with Crippen molar-refractivity contribution in [3.05, 3.63) is 12.7 Å². The zero-order chi connectivity index (χ0) is 12.0. The molecule has 1 unspecified atom stereocenters. The van der Waals surface area contributed by atoms with Gasteiger partial charge in [0.05, 0.1) is 0 Å². The van der Waals surface area contributed by atoms with Gasteiger partial charge in [0.1, 0.15) is 0 Å². The van der Waals surface area contributed by atoms with Crippen molar-refractivity contribution in [2.75, 3.05) is 14.1 Å². The SMILES string of the molecule is C=CCCCC(NN)C1(N(C)C)CCCC1. The number of hydrazine groups is 1. The van der Waals surface area contributed by atoms with Crippen molar-refractivity contribution in [1.82, 2.24) is 10.3 Å². The molecule has 0 bridgehead atoms. The van der Waals surface area contributed by atoms with Crippen molar-refractivity contribution >= 4 is 0 Å². The Hall–Kier alpha value is -0.380. The monoisotopic (exact) mass is 225 g/mol. The van der Waals surface area contributed by atoms with Gasteiger partial charge in [-0.05, 0) is 46.2 Å². The highest BCUT2D eigenvalue weighted by atomic mass is 15.3. The number of likely N-dealkylation sites (N-methyl/N-ethyl adjacent to an activating group) is 1. The molecule has 0 heterocycles. The van der Waals surface area contributed by atoms with Crippen LogP contribution in [0.5, 0.6) is 0 Å². The molecule has 0 aliphatic heterocycles. The number of allylic oxidation sites excluding steroid dienone is 1. The molecule has 0 amide bonds. The molecule has 0 aromatic carbocycles. The molecule has 94 valence electrons. The molecule has 0 aromatic heterocycles. The second-order valence-electron chi connectivity index (χ2n) is 5.14. The van der Waals surface area contributed by atoms with Crippen LogP contribution in [-0.2, 0) is 0 Å². The molecule has 0 saturated heterocycles. The van der Waals surface area contributed by atoms with E-state index < -0.39 is 0 Å². The Labute approximate surface area is 100 Å². The van der Waals surface area contributed by atoms with E-state index in [4.69, 9.17) is 5.84 Å². The summed E-state index contributed by atoms with van der Waals surface area (Å²) in [5.74, 6) is 5.76. The Balaban J connectivity index is 2.62. The van der Waals surface area contributed by atoms with Gasteiger partial charge >= 0.3 is 0 Å². The molecular weight excluding hydrogens is 198 g/mol. The van der Waals surface area contributed by atoms with Crippen LogP contribution >= 0.6 is 0 Å². The minimum Gasteiger partial charge on any atom is -0.302 e. The normalized spacial score (nSPS) is 21.2. The number of hydrogen-bond acceptors (Lipinski definition) is 3. The summed E-state index contributed by atoms with van der Waals surface area (Å²) in [7, 11) is 4.37. The predicted octanol–water partition coefficient (Wildman–Crippen LogP) is 2.05. The Kier molecular flexibility index (Phi) is 5.46. The quantitative estimate of drug-likeness (QED) is 0.301. The molecule has 3 N–H and O–H groups in total. The molecule has 1 fully saturated rings. The first-order chi connectivity index (χ1) is 7.67. The molecule has 1 atom stereocenters. The summed E-state index contributed by atoms with van der Waals surface area (Å²) in [5.41, 5.74) is 3.32. The zero-order valence-electron chi connectivity index (χ0n) is 10.8. The molecule has 16 heavy (non-hydrogen) atoms. The second kappa shape index (κ2) is 6.38. The maximum absolute atomic E-state index is 5.76. The Bertz CT molecular complexity index is 207. The molecule has 0 spiro atoms. The number of rotatable bonds is 7. The third-order valence-corrected chi connectivity index (χ3v) is 4.11. The van der Waals surface area contributed by atoms with E-state index in [0.717, 1.165) is 12.8 Å². The number of nitrogens with zero attached hydrogens (tertiary/aromatic N) is 1. The number of nitrogens with two attached hydrogens (primary N) is 1. The van der Waals surface area contributed by atoms with Gasteiger partial charge in [-0.2, -0.15) is 0 Å². The van der Waals surface area contributed by atoms with E-state index in [2.05, 4.69) is 31.0 Å². The highest BCUT2D eigenvalue weighted by Gasteiger charge is 2.42. The van der Waals surface area contributed by atoms with Crippen molar-refractivity contribution < 1.29 is 0 Å². The lowest BCUT2D eigenvalue weighted by molar-refractivity contribution is 0.0990. The van der Waals surface area contributed by atoms with Gasteiger partial charge in [0.25, 0.3) is 0 Å². The van der Waals surface area contributed by atoms with Gasteiger partial charge in [-0.1, -0.05) is 18.9 Å². The van der Waals surface area contributed by atoms with Gasteiger partial charge in [0, 0.05) is 11.6 Å². The summed E-state index contributed by atoms with van der Waals surface area (Å²) in [4.78, 5) is 2.37. The van der Waals surface area contributed by atoms with Crippen LogP contribution in [-0.4, -0.2) is 30.6 Å². The summed E-state index contributed by atoms with van der Waals surface area (Å²) in [6, 6.07) is 0.407. The highest BCUT2D eigenvalue weighted by molar-refractivity contribution is 5.01. The van der Waals surface area contributed by atoms with Crippen molar-refractivity contribution in [3.63, 3.8) is 0 Å². The Morgan fingerprint density at radius 3 is 2.50 bits per heavy atom. The predicted molar refractivity (Wildman–Crippen MR) is 70.0 cm³/mol. The van der Waals surface area contributed by atoms with Crippen LogP contribution in [0.15, 0.2) is 12.7 Å². The van der Waals surface area contributed by atoms with E-state index in [9.17, 15) is 0 Å². The van der Waals surface area contributed by atoms with Gasteiger partial charge in [0.15, 0.2) is 0 Å². The fraction of sp³-hybridized carbons (Fsp3) is 0.846. The van der Waals surface area contributed by atoms with Gasteiger partial charge in [0.2, 0.25) is 0 Å². The molecule has 1 rings (SSSR count). The summed E-state index contributed by atoms with van der Waals surface area (Å²) in [6.45, 7) is 3.77. The average molecular weight is 225 g/mol. The first-order valence-electron chi connectivity index (χ1n) is 6.42. The van der Waals surface area contributed by atoms with E-state index in [-0.39, 0.29) is 5.54 Å². The van der Waals surface area contributed by atoms with Crippen molar-refractivity contribution in [2.24, 2.45) is 5.84 Å². The number of nitrogens with one attached hydrogen (secondary N) is 1. The summed E-state index contributed by atoms with van der Waals surface area (Å²) >= 11 is 0. The van der Waals surface area contributed by atoms with Gasteiger partial charge in [-0.25, -0.2) is 0 Å². The van der Waals surface area contributed by atoms with E-state index >= 15 is 0 Å². The van der Waals surface area contributed by atoms with E-state index in [1.807, 2.05) is 6.08 Å². The van der Waals surface area contributed by atoms with Gasteiger partial charge < -0.3 is 4.90 Å². The van der Waals surface area contributed by atoms with E-state index in [1.54, 1.807) is 0 Å². The summed E-state index contributed by atoms with van der Waals surface area (Å²) < 4.78 is 0. The van der Waals surface area contributed by atoms with Crippen LogP contribution in [0, 0.1) is 0 Å². The minimum absolute atomic E-state index is 0.274. The Morgan fingerprint density at radius 2 is 2.06 bits per heavy atom. The molecule has 0 radical (unpaired) electrons. The molecule has 1 aliphatic rings. The van der Waals surface area contributed by atoms with Crippen molar-refractivity contribution in [2.45, 2.75) is 56.5 Å². The summed E-state index contributed by atoms with van der Waals surface area (Å²) in [6.07, 6.45) is 10.6. The Morgan fingerprint density at radius 1 is 1.44 bits per heavy atom. The lowest BCUT2D eigenvalue weighted by Crippen LogP contribution is -2.59. The number of unbranched alkanes of at least 4 members (excludes halogenated alkanes) is 1. The molecule has 1 saturated carbocycles. The third-order valence-electron chi connectivity index (χ3n) is 4.11. The standard InChI is InChI=1S/C13H27N3/c1-4-5-6-9-12(15-14)13(16(2)3)10-7-8-11-13/h4,12,15H,1,5-11,14H2,2-3H3. The number of hydrogen-bond donors (Lipinski definition) is 2. The van der Waals surface area contributed by atoms with Gasteiger partial charge in [-0.15, -0.1) is 6.58 Å². The fourth-order valence-corrected chi connectivity index (χ4v) is 3.07. The smallest absolute Gasteiger partial charge is 0.0394 e. The van der Waals surface area contributed by atoms with E-state index in [0.29, 0.717) is 6.04 Å². The highest BCUT2D eigenvalue weighted by Crippen LogP contribution is 2.38. The maximum atomic E-state index is 5.76. The molecular formula is C13H27N3. The second-order valence-corrected chi connectivity index (χ2v) is 5.14. The van der Waals surface area contributed by atoms with Crippen LogP contribution < -0.4 is 11.3 Å². The van der Waals surface area contributed by atoms with Gasteiger partial charge in [-0.3, -0.25) is 11.3 Å². The molecule has 0 aromatic rings. The largest absolute Gasteiger partial charge is 0.302 e. The molecule has 3 nitrogen and oxygen atoms in total. The van der Waals surface area contributed by atoms with Crippen LogP contribution in [0.1, 0.15) is 44.9 Å². The fourth-order valence-electron chi connectivity index (χ4n) is 3.07. The minimum atomic E-state index is 0.274. The lowest BCUT2D eigenvalue weighted by atomic mass is 9.84. The maximum Gasteiger partial charge on any atom is 0.0394 e. The molecule has 3 heteroatoms.